The second-order valence-electron chi connectivity index (χ2n) is 4.31. The van der Waals surface area contributed by atoms with E-state index in [1.165, 1.54) is 13.2 Å². The summed E-state index contributed by atoms with van der Waals surface area (Å²) >= 11 is 0. The number of rotatable bonds is 5. The number of alkyl halides is 2. The summed E-state index contributed by atoms with van der Waals surface area (Å²) in [5, 5.41) is 0.577. The van der Waals surface area contributed by atoms with E-state index in [4.69, 9.17) is 4.74 Å². The predicted octanol–water partition coefficient (Wildman–Crippen LogP) is 2.55. The van der Waals surface area contributed by atoms with Crippen molar-refractivity contribution in [1.82, 2.24) is 4.98 Å². The van der Waals surface area contributed by atoms with Gasteiger partial charge < -0.3 is 9.72 Å². The van der Waals surface area contributed by atoms with Crippen LogP contribution in [0, 0.1) is 0 Å². The first-order chi connectivity index (χ1) is 9.56. The monoisotopic (exact) mass is 281 g/mol. The Labute approximate surface area is 113 Å². The minimum absolute atomic E-state index is 0.0721. The van der Waals surface area contributed by atoms with Crippen LogP contribution in [0.25, 0.3) is 10.9 Å². The lowest BCUT2D eigenvalue weighted by Crippen LogP contribution is -2.09. The number of pyridine rings is 1. The lowest BCUT2D eigenvalue weighted by molar-refractivity contribution is 0.112. The minimum atomic E-state index is -2.44. The van der Waals surface area contributed by atoms with Crippen LogP contribution in [0.5, 0.6) is 5.75 Å². The molecule has 20 heavy (non-hydrogen) atoms. The Balaban J connectivity index is 2.66. The smallest absolute Gasteiger partial charge is 0.248 e. The third-order valence-corrected chi connectivity index (χ3v) is 3.07. The fourth-order valence-corrected chi connectivity index (χ4v) is 2.16. The topological polar surface area (TPSA) is 59.2 Å². The number of aryl methyl sites for hydroxylation is 1. The van der Waals surface area contributed by atoms with E-state index < -0.39 is 12.0 Å². The van der Waals surface area contributed by atoms with Gasteiger partial charge in [-0.05, 0) is 24.1 Å². The van der Waals surface area contributed by atoms with Crippen molar-refractivity contribution in [2.75, 3.05) is 7.11 Å². The van der Waals surface area contributed by atoms with Gasteiger partial charge in [0.15, 0.2) is 6.29 Å². The summed E-state index contributed by atoms with van der Waals surface area (Å²) < 4.78 is 29.7. The van der Waals surface area contributed by atoms with Gasteiger partial charge in [-0.1, -0.05) is 0 Å². The minimum Gasteiger partial charge on any atom is -0.496 e. The van der Waals surface area contributed by atoms with Crippen LogP contribution in [-0.2, 0) is 6.42 Å². The molecule has 0 saturated carbocycles. The molecule has 106 valence electrons. The number of hydrogen-bond acceptors (Lipinski definition) is 3. The molecule has 0 spiro atoms. The standard InChI is InChI=1S/C14H13F2NO3/c1-20-11-4-3-9-8(2-5-12(15)16)6-13(19)17-14(9)10(11)7-18/h3-4,6-7,12H,2,5H2,1H3,(H,17,19). The van der Waals surface area contributed by atoms with Gasteiger partial charge in [-0.15, -0.1) is 0 Å². The highest BCUT2D eigenvalue weighted by Crippen LogP contribution is 2.27. The molecule has 2 aromatic rings. The number of H-pyrrole nitrogens is 1. The molecule has 2 rings (SSSR count). The SMILES string of the molecule is COc1ccc2c(CCC(F)F)cc(=O)[nH]c2c1C=O. The summed E-state index contributed by atoms with van der Waals surface area (Å²) in [6.07, 6.45) is -2.12. The number of benzene rings is 1. The maximum atomic E-state index is 12.3. The number of ether oxygens (including phenoxy) is 1. The third-order valence-electron chi connectivity index (χ3n) is 3.07. The van der Waals surface area contributed by atoms with Gasteiger partial charge in [0.25, 0.3) is 0 Å². The Morgan fingerprint density at radius 3 is 2.75 bits per heavy atom. The molecule has 1 aromatic carbocycles. The van der Waals surface area contributed by atoms with E-state index in [2.05, 4.69) is 4.98 Å². The highest BCUT2D eigenvalue weighted by molar-refractivity contribution is 5.99. The molecule has 0 amide bonds. The molecule has 1 N–H and O–H groups in total. The van der Waals surface area contributed by atoms with Crippen molar-refractivity contribution < 1.29 is 18.3 Å². The first-order valence-corrected chi connectivity index (χ1v) is 6.03. The maximum Gasteiger partial charge on any atom is 0.248 e. The van der Waals surface area contributed by atoms with Crippen LogP contribution >= 0.6 is 0 Å². The van der Waals surface area contributed by atoms with Crippen LogP contribution < -0.4 is 10.3 Å². The van der Waals surface area contributed by atoms with Gasteiger partial charge in [-0.2, -0.15) is 0 Å². The van der Waals surface area contributed by atoms with Crippen LogP contribution in [0.1, 0.15) is 22.3 Å². The van der Waals surface area contributed by atoms with E-state index in [9.17, 15) is 18.4 Å². The van der Waals surface area contributed by atoms with Gasteiger partial charge in [0, 0.05) is 17.9 Å². The van der Waals surface area contributed by atoms with Gasteiger partial charge in [0.2, 0.25) is 12.0 Å². The molecule has 0 aliphatic carbocycles. The van der Waals surface area contributed by atoms with E-state index in [1.54, 1.807) is 12.1 Å². The van der Waals surface area contributed by atoms with E-state index in [0.29, 0.717) is 28.5 Å². The Hall–Kier alpha value is -2.24. The molecule has 0 saturated heterocycles. The first-order valence-electron chi connectivity index (χ1n) is 6.03. The van der Waals surface area contributed by atoms with Crippen molar-refractivity contribution in [2.45, 2.75) is 19.3 Å². The molecule has 0 atom stereocenters. The summed E-state index contributed by atoms with van der Waals surface area (Å²) in [5.74, 6) is 0.328. The number of aromatic nitrogens is 1. The average Bonchev–Trinajstić information content (AvgIpc) is 2.43. The van der Waals surface area contributed by atoms with Crippen LogP contribution in [-0.4, -0.2) is 24.8 Å². The normalized spacial score (nSPS) is 11.0. The van der Waals surface area contributed by atoms with E-state index >= 15 is 0 Å². The van der Waals surface area contributed by atoms with Gasteiger partial charge in [-0.25, -0.2) is 8.78 Å². The molecule has 1 aromatic heterocycles. The van der Waals surface area contributed by atoms with E-state index in [1.807, 2.05) is 0 Å². The Morgan fingerprint density at radius 1 is 1.40 bits per heavy atom. The van der Waals surface area contributed by atoms with Crippen LogP contribution in [0.3, 0.4) is 0 Å². The Bertz CT molecular complexity index is 695. The molecular formula is C14H13F2NO3. The van der Waals surface area contributed by atoms with Gasteiger partial charge in [-0.3, -0.25) is 9.59 Å². The second-order valence-corrected chi connectivity index (χ2v) is 4.31. The van der Waals surface area contributed by atoms with Crippen molar-refractivity contribution >= 4 is 17.2 Å². The average molecular weight is 281 g/mol. The predicted molar refractivity (Wildman–Crippen MR) is 70.8 cm³/mol. The molecular weight excluding hydrogens is 268 g/mol. The lowest BCUT2D eigenvalue weighted by Gasteiger charge is -2.10. The Morgan fingerprint density at radius 2 is 2.15 bits per heavy atom. The summed E-state index contributed by atoms with van der Waals surface area (Å²) in [6, 6.07) is 4.51. The summed E-state index contributed by atoms with van der Waals surface area (Å²) in [6.45, 7) is 0. The van der Waals surface area contributed by atoms with Gasteiger partial charge >= 0.3 is 0 Å². The summed E-state index contributed by atoms with van der Waals surface area (Å²) in [5.41, 5.74) is 0.588. The van der Waals surface area contributed by atoms with Crippen molar-refractivity contribution in [3.8, 4) is 5.75 Å². The number of aromatic amines is 1. The zero-order chi connectivity index (χ0) is 14.7. The number of hydrogen-bond donors (Lipinski definition) is 1. The van der Waals surface area contributed by atoms with Gasteiger partial charge in [0.05, 0.1) is 18.2 Å². The molecule has 0 bridgehead atoms. The fraction of sp³-hybridized carbons (Fsp3) is 0.286. The molecule has 1 heterocycles. The van der Waals surface area contributed by atoms with Crippen molar-refractivity contribution in [3.63, 3.8) is 0 Å². The number of aldehydes is 1. The number of carbonyl (C=O) groups is 1. The number of fused-ring (bicyclic) bond motifs is 1. The number of halogens is 2. The summed E-state index contributed by atoms with van der Waals surface area (Å²) in [7, 11) is 1.41. The van der Waals surface area contributed by atoms with E-state index in [0.717, 1.165) is 0 Å². The molecule has 0 aliphatic heterocycles. The first kappa shape index (κ1) is 14.2. The lowest BCUT2D eigenvalue weighted by atomic mass is 10.0. The highest BCUT2D eigenvalue weighted by Gasteiger charge is 2.13. The largest absolute Gasteiger partial charge is 0.496 e. The van der Waals surface area contributed by atoms with Crippen LogP contribution in [0.4, 0.5) is 8.78 Å². The molecule has 0 fully saturated rings. The highest BCUT2D eigenvalue weighted by atomic mass is 19.3. The fourth-order valence-electron chi connectivity index (χ4n) is 2.16. The third kappa shape index (κ3) is 2.68. The number of methoxy groups -OCH3 is 1. The molecule has 4 nitrogen and oxygen atoms in total. The van der Waals surface area contributed by atoms with Crippen molar-refractivity contribution in [1.29, 1.82) is 0 Å². The summed E-state index contributed by atoms with van der Waals surface area (Å²) in [4.78, 5) is 25.3. The number of nitrogens with one attached hydrogen (secondary N) is 1. The van der Waals surface area contributed by atoms with Crippen molar-refractivity contribution in [3.05, 3.63) is 39.7 Å². The van der Waals surface area contributed by atoms with Gasteiger partial charge in [0.1, 0.15) is 5.75 Å². The quantitative estimate of drug-likeness (QED) is 0.857. The van der Waals surface area contributed by atoms with Crippen LogP contribution in [0.15, 0.2) is 23.0 Å². The zero-order valence-electron chi connectivity index (χ0n) is 10.8. The molecule has 6 heteroatoms. The Kier molecular flexibility index (Phi) is 4.12. The molecule has 0 radical (unpaired) electrons. The maximum absolute atomic E-state index is 12.3. The molecule has 0 unspecified atom stereocenters. The molecule has 0 aliphatic rings. The number of carbonyl (C=O) groups excluding carboxylic acids is 1. The second kappa shape index (κ2) is 5.81. The van der Waals surface area contributed by atoms with Crippen LogP contribution in [0.2, 0.25) is 0 Å². The van der Waals surface area contributed by atoms with E-state index in [-0.39, 0.29) is 18.4 Å². The van der Waals surface area contributed by atoms with Crippen molar-refractivity contribution in [2.24, 2.45) is 0 Å². The zero-order valence-corrected chi connectivity index (χ0v) is 10.8.